The largest absolute Gasteiger partial charge is 0.452 e. The van der Waals surface area contributed by atoms with Crippen molar-refractivity contribution in [3.63, 3.8) is 0 Å². The second-order valence-electron chi connectivity index (χ2n) is 7.64. The molecule has 4 aromatic rings. The molecule has 0 aliphatic heterocycles. The number of benzene rings is 4. The van der Waals surface area contributed by atoms with Crippen LogP contribution in [-0.4, -0.2) is 24.3 Å². The zero-order valence-electron chi connectivity index (χ0n) is 18.4. The molecule has 1 N–H and O–H groups in total. The number of amides is 1. The van der Waals surface area contributed by atoms with E-state index in [0.29, 0.717) is 5.56 Å². The molecule has 5 nitrogen and oxygen atoms in total. The molecule has 0 aromatic heterocycles. The Balaban J connectivity index is 1.46. The Kier molecular flexibility index (Phi) is 7.25. The number of ketones is 1. The van der Waals surface area contributed by atoms with E-state index in [1.54, 1.807) is 42.5 Å². The van der Waals surface area contributed by atoms with Gasteiger partial charge >= 0.3 is 5.97 Å². The molecule has 0 bridgehead atoms. The molecule has 4 rings (SSSR count). The monoisotopic (exact) mass is 449 g/mol. The smallest absolute Gasteiger partial charge is 0.339 e. The number of rotatable bonds is 8. The van der Waals surface area contributed by atoms with Crippen molar-refractivity contribution < 1.29 is 19.1 Å². The second kappa shape index (κ2) is 10.9. The van der Waals surface area contributed by atoms with Crippen molar-refractivity contribution in [2.45, 2.75) is 6.04 Å². The van der Waals surface area contributed by atoms with Crippen LogP contribution in [0.15, 0.2) is 115 Å². The lowest BCUT2D eigenvalue weighted by atomic mass is 9.98. The van der Waals surface area contributed by atoms with Gasteiger partial charge in [0.25, 0.3) is 5.91 Å². The number of hydrogen-bond acceptors (Lipinski definition) is 4. The first-order valence-electron chi connectivity index (χ1n) is 10.9. The molecule has 1 amide bonds. The fourth-order valence-electron chi connectivity index (χ4n) is 3.67. The average molecular weight is 450 g/mol. The van der Waals surface area contributed by atoms with Crippen LogP contribution in [0.4, 0.5) is 0 Å². The molecular formula is C29H23NO4. The van der Waals surface area contributed by atoms with E-state index in [1.165, 1.54) is 6.07 Å². The SMILES string of the molecule is O=C(COC(=O)c1ccccc1C(=O)c1ccccc1)NC(c1ccccc1)c1ccccc1. The standard InChI is InChI=1S/C29H23NO4/c31-26(30-27(21-12-4-1-5-13-21)22-14-6-2-7-15-22)20-34-29(33)25-19-11-10-18-24(25)28(32)23-16-8-3-9-17-23/h1-19,27H,20H2,(H,30,31). The van der Waals surface area contributed by atoms with Crippen molar-refractivity contribution in [3.05, 3.63) is 143 Å². The van der Waals surface area contributed by atoms with Gasteiger partial charge in [-0.2, -0.15) is 0 Å². The quantitative estimate of drug-likeness (QED) is 0.304. The van der Waals surface area contributed by atoms with Crippen LogP contribution in [0.3, 0.4) is 0 Å². The minimum Gasteiger partial charge on any atom is -0.452 e. The molecule has 0 spiro atoms. The summed E-state index contributed by atoms with van der Waals surface area (Å²) >= 11 is 0. The number of ether oxygens (including phenoxy) is 1. The molecular weight excluding hydrogens is 426 g/mol. The molecule has 0 unspecified atom stereocenters. The topological polar surface area (TPSA) is 72.5 Å². The van der Waals surface area contributed by atoms with Crippen molar-refractivity contribution in [3.8, 4) is 0 Å². The molecule has 168 valence electrons. The van der Waals surface area contributed by atoms with E-state index in [4.69, 9.17) is 4.74 Å². The van der Waals surface area contributed by atoms with Crippen molar-refractivity contribution in [2.24, 2.45) is 0 Å². The molecule has 0 heterocycles. The molecule has 4 aromatic carbocycles. The van der Waals surface area contributed by atoms with Gasteiger partial charge in [0.1, 0.15) is 0 Å². The zero-order valence-corrected chi connectivity index (χ0v) is 18.4. The van der Waals surface area contributed by atoms with E-state index in [2.05, 4.69) is 5.32 Å². The highest BCUT2D eigenvalue weighted by Gasteiger charge is 2.21. The fourth-order valence-corrected chi connectivity index (χ4v) is 3.67. The summed E-state index contributed by atoms with van der Waals surface area (Å²) in [5.41, 5.74) is 2.63. The van der Waals surface area contributed by atoms with Crippen LogP contribution >= 0.6 is 0 Å². The van der Waals surface area contributed by atoms with E-state index >= 15 is 0 Å². The second-order valence-corrected chi connectivity index (χ2v) is 7.64. The minimum absolute atomic E-state index is 0.117. The molecule has 34 heavy (non-hydrogen) atoms. The van der Waals surface area contributed by atoms with Crippen LogP contribution in [0, 0.1) is 0 Å². The Morgan fingerprint density at radius 3 is 1.65 bits per heavy atom. The molecule has 0 aliphatic carbocycles. The summed E-state index contributed by atoms with van der Waals surface area (Å²) in [4.78, 5) is 38.4. The van der Waals surface area contributed by atoms with Crippen molar-refractivity contribution in [1.82, 2.24) is 5.32 Å². The predicted molar refractivity (Wildman–Crippen MR) is 129 cm³/mol. The molecule has 0 radical (unpaired) electrons. The maximum absolute atomic E-state index is 12.9. The lowest BCUT2D eigenvalue weighted by Gasteiger charge is -2.20. The third-order valence-corrected chi connectivity index (χ3v) is 5.33. The highest BCUT2D eigenvalue weighted by atomic mass is 16.5. The van der Waals surface area contributed by atoms with Crippen LogP contribution in [0.2, 0.25) is 0 Å². The van der Waals surface area contributed by atoms with E-state index in [9.17, 15) is 14.4 Å². The Labute approximate surface area is 198 Å². The number of carbonyl (C=O) groups is 3. The van der Waals surface area contributed by atoms with Gasteiger partial charge in [-0.15, -0.1) is 0 Å². The molecule has 0 atom stereocenters. The first kappa shape index (κ1) is 22.7. The van der Waals surface area contributed by atoms with Gasteiger partial charge in [0.05, 0.1) is 11.6 Å². The number of nitrogens with one attached hydrogen (secondary N) is 1. The zero-order chi connectivity index (χ0) is 23.8. The predicted octanol–water partition coefficient (Wildman–Crippen LogP) is 4.98. The summed E-state index contributed by atoms with van der Waals surface area (Å²) in [6.07, 6.45) is 0. The lowest BCUT2D eigenvalue weighted by molar-refractivity contribution is -0.124. The summed E-state index contributed by atoms with van der Waals surface area (Å²) in [6.45, 7) is -0.469. The third-order valence-electron chi connectivity index (χ3n) is 5.33. The Morgan fingerprint density at radius 1 is 0.618 bits per heavy atom. The number of carbonyl (C=O) groups excluding carboxylic acids is 3. The van der Waals surface area contributed by atoms with E-state index in [1.807, 2.05) is 66.7 Å². The highest BCUT2D eigenvalue weighted by Crippen LogP contribution is 2.22. The summed E-state index contributed by atoms with van der Waals surface area (Å²) in [7, 11) is 0. The van der Waals surface area contributed by atoms with Gasteiger partial charge in [0.2, 0.25) is 0 Å². The Bertz CT molecular complexity index is 1230. The lowest BCUT2D eigenvalue weighted by Crippen LogP contribution is -2.33. The molecule has 0 aliphatic rings. The summed E-state index contributed by atoms with van der Waals surface area (Å²) < 4.78 is 5.29. The fraction of sp³-hybridized carbons (Fsp3) is 0.0690. The maximum Gasteiger partial charge on any atom is 0.339 e. The van der Waals surface area contributed by atoms with Gasteiger partial charge in [0.15, 0.2) is 12.4 Å². The van der Waals surface area contributed by atoms with Crippen molar-refractivity contribution >= 4 is 17.7 Å². The Hall–Kier alpha value is -4.51. The van der Waals surface area contributed by atoms with Crippen LogP contribution in [0.5, 0.6) is 0 Å². The number of esters is 1. The third kappa shape index (κ3) is 5.45. The van der Waals surface area contributed by atoms with E-state index in [-0.39, 0.29) is 23.0 Å². The summed E-state index contributed by atoms with van der Waals surface area (Å²) in [5, 5.41) is 2.94. The first-order valence-corrected chi connectivity index (χ1v) is 10.9. The molecule has 5 heteroatoms. The van der Waals surface area contributed by atoms with E-state index < -0.39 is 18.5 Å². The maximum atomic E-state index is 12.9. The van der Waals surface area contributed by atoms with Crippen molar-refractivity contribution in [1.29, 1.82) is 0 Å². The van der Waals surface area contributed by atoms with Crippen LogP contribution in [0.25, 0.3) is 0 Å². The van der Waals surface area contributed by atoms with Crippen molar-refractivity contribution in [2.75, 3.05) is 6.61 Å². The van der Waals surface area contributed by atoms with Gasteiger partial charge in [-0.25, -0.2) is 4.79 Å². The summed E-state index contributed by atoms with van der Waals surface area (Å²) in [6, 6.07) is 33.9. The molecule has 0 saturated carbocycles. The van der Waals surface area contributed by atoms with Gasteiger partial charge in [-0.05, 0) is 17.2 Å². The normalized spacial score (nSPS) is 10.5. The molecule has 0 saturated heterocycles. The molecule has 0 fully saturated rings. The van der Waals surface area contributed by atoms with Gasteiger partial charge in [0, 0.05) is 11.1 Å². The van der Waals surface area contributed by atoms with Gasteiger partial charge in [-0.1, -0.05) is 109 Å². The van der Waals surface area contributed by atoms with Crippen LogP contribution in [-0.2, 0) is 9.53 Å². The van der Waals surface area contributed by atoms with Gasteiger partial charge in [-0.3, -0.25) is 9.59 Å². The van der Waals surface area contributed by atoms with E-state index in [0.717, 1.165) is 11.1 Å². The number of hydrogen-bond donors (Lipinski definition) is 1. The summed E-state index contributed by atoms with van der Waals surface area (Å²) in [5.74, 6) is -1.46. The Morgan fingerprint density at radius 2 is 1.09 bits per heavy atom. The van der Waals surface area contributed by atoms with Gasteiger partial charge < -0.3 is 10.1 Å². The first-order chi connectivity index (χ1) is 16.6. The van der Waals surface area contributed by atoms with Crippen LogP contribution < -0.4 is 5.32 Å². The highest BCUT2D eigenvalue weighted by molar-refractivity contribution is 6.14. The minimum atomic E-state index is -0.731. The average Bonchev–Trinajstić information content (AvgIpc) is 2.91. The van der Waals surface area contributed by atoms with Crippen LogP contribution in [0.1, 0.15) is 43.4 Å².